The van der Waals surface area contributed by atoms with Crippen LogP contribution >= 0.6 is 11.8 Å². The summed E-state index contributed by atoms with van der Waals surface area (Å²) in [7, 11) is 1.52. The molecule has 3 aromatic rings. The molecule has 0 aromatic heterocycles. The Kier molecular flexibility index (Phi) is 9.93. The van der Waals surface area contributed by atoms with Crippen molar-refractivity contribution < 1.29 is 32.2 Å². The van der Waals surface area contributed by atoms with Crippen LogP contribution in [0.3, 0.4) is 0 Å². The van der Waals surface area contributed by atoms with E-state index in [1.54, 1.807) is 23.9 Å². The number of sulfonamides is 1. The Balaban J connectivity index is 1.90. The van der Waals surface area contributed by atoms with E-state index in [1.165, 1.54) is 52.7 Å². The highest BCUT2D eigenvalue weighted by Crippen LogP contribution is 2.37. The number of benzene rings is 3. The molecule has 9 nitrogen and oxygen atoms in total. The van der Waals surface area contributed by atoms with Gasteiger partial charge in [0.15, 0.2) is 11.5 Å². The van der Waals surface area contributed by atoms with Crippen LogP contribution in [0.2, 0.25) is 0 Å². The predicted octanol–water partition coefficient (Wildman–Crippen LogP) is 3.82. The van der Waals surface area contributed by atoms with Gasteiger partial charge in [-0.25, -0.2) is 8.42 Å². The number of thioether (sulfide) groups is 1. The summed E-state index contributed by atoms with van der Waals surface area (Å²) in [5, 5.41) is 2.80. The molecule has 0 atom stereocenters. The summed E-state index contributed by atoms with van der Waals surface area (Å²) in [6.45, 7) is -0.117. The van der Waals surface area contributed by atoms with Crippen molar-refractivity contribution in [2.75, 3.05) is 51.6 Å². The molecule has 0 aliphatic carbocycles. The zero-order valence-corrected chi connectivity index (χ0v) is 22.7. The lowest BCUT2D eigenvalue weighted by molar-refractivity contribution is -0.119. The minimum atomic E-state index is -4.24. The fourth-order valence-corrected chi connectivity index (χ4v) is 5.69. The average molecular weight is 547 g/mol. The highest BCUT2D eigenvalue weighted by Gasteiger charge is 2.31. The highest BCUT2D eigenvalue weighted by atomic mass is 32.2. The molecule has 11 heteroatoms. The van der Waals surface area contributed by atoms with E-state index in [0.29, 0.717) is 23.8 Å². The first-order chi connectivity index (χ1) is 17.8. The molecule has 0 unspecified atom stereocenters. The molecular formula is C26H30N2O7S2. The largest absolute Gasteiger partial charge is 0.497 e. The summed E-state index contributed by atoms with van der Waals surface area (Å²) >= 11 is 1.59. The van der Waals surface area contributed by atoms with Gasteiger partial charge in [0.25, 0.3) is 10.0 Å². The Morgan fingerprint density at radius 1 is 0.838 bits per heavy atom. The van der Waals surface area contributed by atoms with Crippen LogP contribution in [-0.4, -0.2) is 61.6 Å². The Labute approximate surface area is 221 Å². The van der Waals surface area contributed by atoms with Gasteiger partial charge in [0.1, 0.15) is 18.0 Å². The number of hydrogen-bond donors (Lipinski definition) is 1. The molecule has 0 spiro atoms. The summed E-state index contributed by atoms with van der Waals surface area (Å²) in [4.78, 5) is 13.9. The van der Waals surface area contributed by atoms with Crippen molar-refractivity contribution in [1.29, 1.82) is 0 Å². The smallest absolute Gasteiger partial charge is 0.265 e. The fourth-order valence-electron chi connectivity index (χ4n) is 3.46. The number of ether oxygens (including phenoxy) is 4. The van der Waals surface area contributed by atoms with Gasteiger partial charge < -0.3 is 24.3 Å². The third-order valence-electron chi connectivity index (χ3n) is 5.32. The van der Waals surface area contributed by atoms with Crippen molar-refractivity contribution in [1.82, 2.24) is 5.32 Å². The van der Waals surface area contributed by atoms with Crippen LogP contribution in [0.4, 0.5) is 5.69 Å². The van der Waals surface area contributed by atoms with Crippen LogP contribution in [0.1, 0.15) is 0 Å². The second-order valence-electron chi connectivity index (χ2n) is 7.58. The number of rotatable bonds is 13. The van der Waals surface area contributed by atoms with Crippen molar-refractivity contribution in [3.8, 4) is 23.0 Å². The number of carbonyl (C=O) groups is 1. The van der Waals surface area contributed by atoms with Gasteiger partial charge in [0.2, 0.25) is 5.91 Å². The third kappa shape index (κ3) is 7.01. The number of hydrogen-bond acceptors (Lipinski definition) is 8. The molecule has 0 saturated carbocycles. The number of methoxy groups -OCH3 is 4. The van der Waals surface area contributed by atoms with Crippen molar-refractivity contribution in [2.45, 2.75) is 9.79 Å². The molecule has 37 heavy (non-hydrogen) atoms. The first-order valence-electron chi connectivity index (χ1n) is 11.3. The third-order valence-corrected chi connectivity index (χ3v) is 8.09. The Hall–Kier alpha value is -3.57. The van der Waals surface area contributed by atoms with Gasteiger partial charge in [-0.1, -0.05) is 18.2 Å². The summed E-state index contributed by atoms with van der Waals surface area (Å²) in [6.07, 6.45) is 0. The van der Waals surface area contributed by atoms with E-state index in [9.17, 15) is 13.2 Å². The van der Waals surface area contributed by atoms with Gasteiger partial charge in [-0.2, -0.15) is 0 Å². The number of carbonyl (C=O) groups excluding carboxylic acids is 1. The zero-order valence-electron chi connectivity index (χ0n) is 21.1. The Morgan fingerprint density at radius 3 is 2.16 bits per heavy atom. The molecule has 3 rings (SSSR count). The van der Waals surface area contributed by atoms with Crippen molar-refractivity contribution in [2.24, 2.45) is 0 Å². The van der Waals surface area contributed by atoms with Crippen LogP contribution in [0.25, 0.3) is 0 Å². The van der Waals surface area contributed by atoms with E-state index < -0.39 is 22.5 Å². The molecule has 0 fully saturated rings. The van der Waals surface area contributed by atoms with Gasteiger partial charge in [0, 0.05) is 29.3 Å². The SMILES string of the molecule is COc1ccc(OC)c(N(CC(=O)NCCSc2ccccc2)S(=O)(=O)c2ccc(OC)c(OC)c2)c1. The van der Waals surface area contributed by atoms with Crippen LogP contribution < -0.4 is 28.6 Å². The lowest BCUT2D eigenvalue weighted by Gasteiger charge is -2.26. The van der Waals surface area contributed by atoms with Crippen molar-refractivity contribution in [3.05, 3.63) is 66.7 Å². The number of nitrogens with one attached hydrogen (secondary N) is 1. The molecule has 0 aliphatic rings. The van der Waals surface area contributed by atoms with Crippen LogP contribution in [0.15, 0.2) is 76.5 Å². The summed E-state index contributed by atoms with van der Waals surface area (Å²) < 4.78 is 50.0. The quantitative estimate of drug-likeness (QED) is 0.255. The monoisotopic (exact) mass is 546 g/mol. The van der Waals surface area contributed by atoms with Gasteiger partial charge in [-0.05, 0) is 36.4 Å². The fraction of sp³-hybridized carbons (Fsp3) is 0.269. The van der Waals surface area contributed by atoms with E-state index in [-0.39, 0.29) is 22.1 Å². The molecular weight excluding hydrogens is 516 g/mol. The predicted molar refractivity (Wildman–Crippen MR) is 144 cm³/mol. The lowest BCUT2D eigenvalue weighted by Crippen LogP contribution is -2.41. The van der Waals surface area contributed by atoms with Crippen LogP contribution in [0, 0.1) is 0 Å². The van der Waals surface area contributed by atoms with Crippen molar-refractivity contribution >= 4 is 33.4 Å². The van der Waals surface area contributed by atoms with E-state index >= 15 is 0 Å². The molecule has 1 N–H and O–H groups in total. The van der Waals surface area contributed by atoms with E-state index in [2.05, 4.69) is 5.32 Å². The molecule has 198 valence electrons. The molecule has 0 radical (unpaired) electrons. The molecule has 1 amide bonds. The van der Waals surface area contributed by atoms with Crippen molar-refractivity contribution in [3.63, 3.8) is 0 Å². The molecule has 0 heterocycles. The summed E-state index contributed by atoms with van der Waals surface area (Å²) in [6, 6.07) is 18.8. The Morgan fingerprint density at radius 2 is 1.51 bits per heavy atom. The standard InChI is InChI=1S/C26H30N2O7S2/c1-32-19-10-12-23(33-2)22(16-19)28(18-26(29)27-14-15-36-20-8-6-5-7-9-20)37(30,31)21-11-13-24(34-3)25(17-21)35-4/h5-13,16-17H,14-15,18H2,1-4H3,(H,27,29). The molecule has 0 aliphatic heterocycles. The minimum Gasteiger partial charge on any atom is -0.497 e. The topological polar surface area (TPSA) is 103 Å². The van der Waals surface area contributed by atoms with E-state index in [4.69, 9.17) is 18.9 Å². The Bertz CT molecular complexity index is 1300. The van der Waals surface area contributed by atoms with Gasteiger partial charge in [-0.3, -0.25) is 9.10 Å². The number of nitrogens with zero attached hydrogens (tertiary/aromatic N) is 1. The van der Waals surface area contributed by atoms with E-state index in [0.717, 1.165) is 9.20 Å². The number of amides is 1. The summed E-state index contributed by atoms with van der Waals surface area (Å²) in [5.41, 5.74) is 0.158. The van der Waals surface area contributed by atoms with Gasteiger partial charge in [0.05, 0.1) is 39.0 Å². The van der Waals surface area contributed by atoms with Gasteiger partial charge in [-0.15, -0.1) is 11.8 Å². The maximum Gasteiger partial charge on any atom is 0.265 e. The number of anilines is 1. The summed E-state index contributed by atoms with van der Waals surface area (Å²) in [5.74, 6) is 1.44. The van der Waals surface area contributed by atoms with Gasteiger partial charge >= 0.3 is 0 Å². The molecule has 3 aromatic carbocycles. The first kappa shape index (κ1) is 28.0. The zero-order chi connectivity index (χ0) is 26.8. The molecule has 0 bridgehead atoms. The van der Waals surface area contributed by atoms with Crippen LogP contribution in [-0.2, 0) is 14.8 Å². The van der Waals surface area contributed by atoms with E-state index in [1.807, 2.05) is 30.3 Å². The second kappa shape index (κ2) is 13.1. The molecule has 0 saturated heterocycles. The average Bonchev–Trinajstić information content (AvgIpc) is 2.93. The maximum atomic E-state index is 13.9. The van der Waals surface area contributed by atoms with Crippen LogP contribution in [0.5, 0.6) is 23.0 Å². The highest BCUT2D eigenvalue weighted by molar-refractivity contribution is 7.99. The lowest BCUT2D eigenvalue weighted by atomic mass is 10.2. The first-order valence-corrected chi connectivity index (χ1v) is 13.7. The second-order valence-corrected chi connectivity index (χ2v) is 10.6. The maximum absolute atomic E-state index is 13.9. The minimum absolute atomic E-state index is 0.0811. The normalized spacial score (nSPS) is 10.9.